The van der Waals surface area contributed by atoms with Crippen LogP contribution in [0.3, 0.4) is 0 Å². The van der Waals surface area contributed by atoms with Gasteiger partial charge in [-0.3, -0.25) is 9.78 Å². The lowest BCUT2D eigenvalue weighted by molar-refractivity contribution is -0.126. The number of carbonyl (C=O) groups is 2. The number of hydrogen-bond acceptors (Lipinski definition) is 3. The molecule has 1 aliphatic carbocycles. The molecule has 1 aromatic rings. The number of rotatable bonds is 4. The first-order chi connectivity index (χ1) is 10.7. The van der Waals surface area contributed by atoms with Crippen LogP contribution in [0.4, 0.5) is 4.79 Å². The lowest BCUT2D eigenvalue weighted by Gasteiger charge is -2.32. The van der Waals surface area contributed by atoms with Gasteiger partial charge in [-0.05, 0) is 37.3 Å². The Morgan fingerprint density at radius 3 is 2.91 bits per heavy atom. The van der Waals surface area contributed by atoms with Crippen molar-refractivity contribution < 1.29 is 9.59 Å². The highest BCUT2D eigenvalue weighted by atomic mass is 16.2. The van der Waals surface area contributed by atoms with Gasteiger partial charge in [-0.1, -0.05) is 6.07 Å². The minimum Gasteiger partial charge on any atom is -0.352 e. The number of carbonyl (C=O) groups excluding carboxylic acids is 2. The van der Waals surface area contributed by atoms with Gasteiger partial charge in [0.05, 0.1) is 5.92 Å². The van der Waals surface area contributed by atoms with Gasteiger partial charge in [-0.2, -0.15) is 0 Å². The minimum atomic E-state index is -0.115. The molecule has 0 radical (unpaired) electrons. The Kier molecular flexibility index (Phi) is 4.56. The number of aromatic nitrogens is 1. The topological polar surface area (TPSA) is 74.3 Å². The molecule has 6 nitrogen and oxygen atoms in total. The highest BCUT2D eigenvalue weighted by molar-refractivity contribution is 5.81. The fourth-order valence-electron chi connectivity index (χ4n) is 2.71. The monoisotopic (exact) mass is 302 g/mol. The Hall–Kier alpha value is -2.11. The third-order valence-electron chi connectivity index (χ3n) is 4.17. The summed E-state index contributed by atoms with van der Waals surface area (Å²) in [4.78, 5) is 30.2. The van der Waals surface area contributed by atoms with Crippen molar-refractivity contribution in [3.05, 3.63) is 30.1 Å². The van der Waals surface area contributed by atoms with Crippen molar-refractivity contribution in [3.63, 3.8) is 0 Å². The van der Waals surface area contributed by atoms with Gasteiger partial charge in [0.15, 0.2) is 0 Å². The van der Waals surface area contributed by atoms with Gasteiger partial charge in [-0.15, -0.1) is 0 Å². The molecule has 1 atom stereocenters. The van der Waals surface area contributed by atoms with E-state index in [1.807, 2.05) is 12.1 Å². The van der Waals surface area contributed by atoms with Crippen LogP contribution in [0, 0.1) is 5.92 Å². The van der Waals surface area contributed by atoms with Crippen LogP contribution in [0.15, 0.2) is 24.5 Å². The molecule has 2 heterocycles. The Labute approximate surface area is 130 Å². The molecule has 3 amide bonds. The molecule has 0 spiro atoms. The number of pyridine rings is 1. The molecule has 3 rings (SSSR count). The van der Waals surface area contributed by atoms with E-state index in [9.17, 15) is 9.59 Å². The van der Waals surface area contributed by atoms with Crippen LogP contribution in [0.1, 0.15) is 31.2 Å². The molecule has 1 aromatic heterocycles. The van der Waals surface area contributed by atoms with Crippen LogP contribution in [0.5, 0.6) is 0 Å². The summed E-state index contributed by atoms with van der Waals surface area (Å²) in [5, 5.41) is 5.93. The smallest absolute Gasteiger partial charge is 0.317 e. The highest BCUT2D eigenvalue weighted by Crippen LogP contribution is 2.21. The second kappa shape index (κ2) is 6.77. The number of amides is 3. The quantitative estimate of drug-likeness (QED) is 0.880. The summed E-state index contributed by atoms with van der Waals surface area (Å²) in [6, 6.07) is 4.12. The zero-order valence-electron chi connectivity index (χ0n) is 12.6. The number of hydrogen-bond donors (Lipinski definition) is 2. The Bertz CT molecular complexity index is 530. The zero-order valence-corrected chi connectivity index (χ0v) is 12.6. The average molecular weight is 302 g/mol. The molecular formula is C16H22N4O2. The van der Waals surface area contributed by atoms with Crippen molar-refractivity contribution in [2.24, 2.45) is 5.92 Å². The third kappa shape index (κ3) is 3.96. The summed E-state index contributed by atoms with van der Waals surface area (Å²) in [6.45, 7) is 1.74. The number of nitrogens with zero attached hydrogens (tertiary/aromatic N) is 2. The Balaban J connectivity index is 1.48. The van der Waals surface area contributed by atoms with E-state index in [1.165, 1.54) is 0 Å². The summed E-state index contributed by atoms with van der Waals surface area (Å²) in [6.07, 6.45) is 7.33. The van der Waals surface area contributed by atoms with Crippen LogP contribution in [-0.4, -0.2) is 41.0 Å². The number of nitrogens with one attached hydrogen (secondary N) is 2. The van der Waals surface area contributed by atoms with E-state index in [0.29, 0.717) is 19.1 Å². The minimum absolute atomic E-state index is 0.0211. The molecule has 118 valence electrons. The molecule has 1 saturated heterocycles. The van der Waals surface area contributed by atoms with Gasteiger partial charge in [-0.25, -0.2) is 4.79 Å². The van der Waals surface area contributed by atoms with Crippen molar-refractivity contribution >= 4 is 11.9 Å². The van der Waals surface area contributed by atoms with Crippen molar-refractivity contribution in [1.29, 1.82) is 0 Å². The largest absolute Gasteiger partial charge is 0.352 e. The summed E-state index contributed by atoms with van der Waals surface area (Å²) >= 11 is 0. The SMILES string of the molecule is O=C(NCc1cccnc1)C1CCCN(C(=O)NC2CC2)C1. The van der Waals surface area contributed by atoms with Crippen molar-refractivity contribution in [3.8, 4) is 0 Å². The molecule has 2 N–H and O–H groups in total. The Morgan fingerprint density at radius 2 is 2.18 bits per heavy atom. The van der Waals surface area contributed by atoms with E-state index in [1.54, 1.807) is 17.3 Å². The van der Waals surface area contributed by atoms with Crippen LogP contribution in [0.2, 0.25) is 0 Å². The second-order valence-electron chi connectivity index (χ2n) is 6.09. The predicted molar refractivity (Wildman–Crippen MR) is 81.9 cm³/mol. The van der Waals surface area contributed by atoms with Gasteiger partial charge in [0.25, 0.3) is 0 Å². The zero-order chi connectivity index (χ0) is 15.4. The van der Waals surface area contributed by atoms with Crippen LogP contribution < -0.4 is 10.6 Å². The maximum absolute atomic E-state index is 12.3. The second-order valence-corrected chi connectivity index (χ2v) is 6.09. The molecule has 0 bridgehead atoms. The summed E-state index contributed by atoms with van der Waals surface area (Å²) < 4.78 is 0. The van der Waals surface area contributed by atoms with Crippen molar-refractivity contribution in [1.82, 2.24) is 20.5 Å². The van der Waals surface area contributed by atoms with E-state index in [-0.39, 0.29) is 17.9 Å². The van der Waals surface area contributed by atoms with Gasteiger partial charge in [0.2, 0.25) is 5.91 Å². The van der Waals surface area contributed by atoms with E-state index in [4.69, 9.17) is 0 Å². The molecule has 1 aliphatic heterocycles. The molecule has 2 aliphatic rings. The normalized spacial score (nSPS) is 21.3. The van der Waals surface area contributed by atoms with E-state index < -0.39 is 0 Å². The predicted octanol–water partition coefficient (Wildman–Crippen LogP) is 1.28. The van der Waals surface area contributed by atoms with Crippen LogP contribution in [-0.2, 0) is 11.3 Å². The Morgan fingerprint density at radius 1 is 1.32 bits per heavy atom. The number of likely N-dealkylation sites (tertiary alicyclic amines) is 1. The van der Waals surface area contributed by atoms with E-state index in [2.05, 4.69) is 15.6 Å². The van der Waals surface area contributed by atoms with Crippen LogP contribution >= 0.6 is 0 Å². The standard InChI is InChI=1S/C16H22N4O2/c21-15(18-10-12-3-1-7-17-9-12)13-4-2-8-20(11-13)16(22)19-14-5-6-14/h1,3,7,9,13-14H,2,4-6,8,10-11H2,(H,18,21)(H,19,22). The van der Waals surface area contributed by atoms with E-state index >= 15 is 0 Å². The summed E-state index contributed by atoms with van der Waals surface area (Å²) in [5.74, 6) is -0.0943. The van der Waals surface area contributed by atoms with Gasteiger partial charge in [0, 0.05) is 38.1 Å². The lowest BCUT2D eigenvalue weighted by atomic mass is 9.97. The van der Waals surface area contributed by atoms with E-state index in [0.717, 1.165) is 37.8 Å². The molecule has 0 aromatic carbocycles. The van der Waals surface area contributed by atoms with Gasteiger partial charge < -0.3 is 15.5 Å². The van der Waals surface area contributed by atoms with Crippen molar-refractivity contribution in [2.75, 3.05) is 13.1 Å². The molecule has 2 fully saturated rings. The summed E-state index contributed by atoms with van der Waals surface area (Å²) in [7, 11) is 0. The maximum atomic E-state index is 12.3. The first-order valence-electron chi connectivity index (χ1n) is 7.94. The molecular weight excluding hydrogens is 280 g/mol. The molecule has 1 saturated carbocycles. The number of piperidine rings is 1. The average Bonchev–Trinajstić information content (AvgIpc) is 3.37. The molecule has 6 heteroatoms. The third-order valence-corrected chi connectivity index (χ3v) is 4.17. The van der Waals surface area contributed by atoms with Gasteiger partial charge in [0.1, 0.15) is 0 Å². The summed E-state index contributed by atoms with van der Waals surface area (Å²) in [5.41, 5.74) is 0.981. The van der Waals surface area contributed by atoms with Crippen LogP contribution in [0.25, 0.3) is 0 Å². The number of urea groups is 1. The highest BCUT2D eigenvalue weighted by Gasteiger charge is 2.31. The first kappa shape index (κ1) is 14.8. The lowest BCUT2D eigenvalue weighted by Crippen LogP contribution is -2.49. The molecule has 1 unspecified atom stereocenters. The van der Waals surface area contributed by atoms with Gasteiger partial charge >= 0.3 is 6.03 Å². The van der Waals surface area contributed by atoms with Crippen molar-refractivity contribution in [2.45, 2.75) is 38.3 Å². The maximum Gasteiger partial charge on any atom is 0.317 e. The first-order valence-corrected chi connectivity index (χ1v) is 7.94. The molecule has 22 heavy (non-hydrogen) atoms. The fourth-order valence-corrected chi connectivity index (χ4v) is 2.71. The fraction of sp³-hybridized carbons (Fsp3) is 0.562.